The van der Waals surface area contributed by atoms with Crippen LogP contribution in [0.15, 0.2) is 23.6 Å². The van der Waals surface area contributed by atoms with Gasteiger partial charge in [0.15, 0.2) is 5.16 Å². The summed E-state index contributed by atoms with van der Waals surface area (Å²) in [5, 5.41) is 9.56. The van der Waals surface area contributed by atoms with Crippen molar-refractivity contribution >= 4 is 23.4 Å². The van der Waals surface area contributed by atoms with Crippen molar-refractivity contribution in [1.29, 1.82) is 0 Å². The van der Waals surface area contributed by atoms with Crippen LogP contribution in [0.3, 0.4) is 0 Å². The molecule has 2 heterocycles. The molecule has 0 aliphatic carbocycles. The van der Waals surface area contributed by atoms with Crippen molar-refractivity contribution in [3.8, 4) is 0 Å². The van der Waals surface area contributed by atoms with Crippen molar-refractivity contribution in [3.63, 3.8) is 0 Å². The first-order chi connectivity index (χ1) is 8.22. The Bertz CT molecular complexity index is 513. The zero-order chi connectivity index (χ0) is 12.3. The molecule has 2 aromatic heterocycles. The van der Waals surface area contributed by atoms with Gasteiger partial charge in [0, 0.05) is 25.2 Å². The van der Waals surface area contributed by atoms with Gasteiger partial charge in [-0.05, 0) is 11.6 Å². The lowest BCUT2D eigenvalue weighted by molar-refractivity contribution is 0.734. The highest BCUT2D eigenvalue weighted by atomic mass is 35.5. The van der Waals surface area contributed by atoms with Crippen LogP contribution in [-0.4, -0.2) is 19.7 Å². The van der Waals surface area contributed by atoms with Gasteiger partial charge in [0.2, 0.25) is 0 Å². The molecule has 0 bridgehead atoms. The average Bonchev–Trinajstić information content (AvgIpc) is 2.69. The monoisotopic (exact) mass is 269 g/mol. The van der Waals surface area contributed by atoms with Crippen molar-refractivity contribution in [1.82, 2.24) is 19.7 Å². The van der Waals surface area contributed by atoms with E-state index in [1.54, 1.807) is 24.2 Å². The van der Waals surface area contributed by atoms with E-state index in [1.807, 2.05) is 17.7 Å². The molecule has 0 spiro atoms. The fourth-order valence-corrected chi connectivity index (χ4v) is 2.51. The van der Waals surface area contributed by atoms with Crippen molar-refractivity contribution < 1.29 is 0 Å². The zero-order valence-electron chi connectivity index (χ0n) is 9.30. The third-order valence-electron chi connectivity index (χ3n) is 2.32. The highest BCUT2D eigenvalue weighted by molar-refractivity contribution is 7.98. The van der Waals surface area contributed by atoms with E-state index in [2.05, 4.69) is 15.2 Å². The lowest BCUT2D eigenvalue weighted by atomic mass is 10.3. The van der Waals surface area contributed by atoms with Gasteiger partial charge in [0.1, 0.15) is 5.82 Å². The lowest BCUT2D eigenvalue weighted by Crippen LogP contribution is -2.05. The fraction of sp³-hybridized carbons (Fsp3) is 0.300. The molecule has 0 unspecified atom stereocenters. The summed E-state index contributed by atoms with van der Waals surface area (Å²) in [4.78, 5) is 3.94. The zero-order valence-corrected chi connectivity index (χ0v) is 10.9. The largest absolute Gasteiger partial charge is 0.324 e. The fourth-order valence-electron chi connectivity index (χ4n) is 1.31. The molecule has 0 amide bonds. The van der Waals surface area contributed by atoms with Crippen LogP contribution in [-0.2, 0) is 19.3 Å². The van der Waals surface area contributed by atoms with Crippen molar-refractivity contribution in [2.24, 2.45) is 12.8 Å². The summed E-state index contributed by atoms with van der Waals surface area (Å²) in [6, 6.07) is 1.90. The van der Waals surface area contributed by atoms with Gasteiger partial charge in [-0.15, -0.1) is 10.2 Å². The summed E-state index contributed by atoms with van der Waals surface area (Å²) >= 11 is 7.60. The molecule has 0 radical (unpaired) electrons. The Labute approximate surface area is 108 Å². The van der Waals surface area contributed by atoms with Gasteiger partial charge in [0.25, 0.3) is 0 Å². The van der Waals surface area contributed by atoms with Crippen LogP contribution in [0, 0.1) is 0 Å². The van der Waals surface area contributed by atoms with Crippen LogP contribution in [0.5, 0.6) is 0 Å². The van der Waals surface area contributed by atoms with Gasteiger partial charge in [-0.3, -0.25) is 4.98 Å². The smallest absolute Gasteiger partial charge is 0.191 e. The summed E-state index contributed by atoms with van der Waals surface area (Å²) in [6.07, 6.45) is 3.36. The Kier molecular flexibility index (Phi) is 3.98. The first-order valence-corrected chi connectivity index (χ1v) is 6.38. The summed E-state index contributed by atoms with van der Waals surface area (Å²) in [5.74, 6) is 1.51. The molecule has 0 aliphatic heterocycles. The van der Waals surface area contributed by atoms with E-state index in [0.717, 1.165) is 22.3 Å². The molecule has 2 rings (SSSR count). The number of halogens is 1. The Morgan fingerprint density at radius 2 is 2.29 bits per heavy atom. The molecule has 0 fully saturated rings. The molecule has 0 saturated carbocycles. The number of aromatic nitrogens is 4. The number of hydrogen-bond acceptors (Lipinski definition) is 5. The maximum atomic E-state index is 6.02. The van der Waals surface area contributed by atoms with E-state index >= 15 is 0 Å². The third-order valence-corrected chi connectivity index (χ3v) is 3.73. The van der Waals surface area contributed by atoms with Gasteiger partial charge in [-0.2, -0.15) is 0 Å². The molecule has 17 heavy (non-hydrogen) atoms. The topological polar surface area (TPSA) is 69.6 Å². The molecule has 7 heteroatoms. The Morgan fingerprint density at radius 1 is 1.47 bits per heavy atom. The minimum absolute atomic E-state index is 0.389. The van der Waals surface area contributed by atoms with E-state index < -0.39 is 0 Å². The Balaban J connectivity index is 2.07. The molecule has 0 aliphatic rings. The first-order valence-electron chi connectivity index (χ1n) is 5.02. The van der Waals surface area contributed by atoms with E-state index in [0.29, 0.717) is 11.6 Å². The highest BCUT2D eigenvalue weighted by Crippen LogP contribution is 2.24. The quantitative estimate of drug-likeness (QED) is 0.854. The standard InChI is InChI=1S/C10H12ClN5S/c1-16-9(4-12)14-15-10(16)17-6-7-2-3-13-5-8(7)11/h2-3,5H,4,6,12H2,1H3. The summed E-state index contributed by atoms with van der Waals surface area (Å²) < 4.78 is 1.89. The maximum absolute atomic E-state index is 6.02. The summed E-state index contributed by atoms with van der Waals surface area (Å²) in [6.45, 7) is 0.389. The van der Waals surface area contributed by atoms with Crippen molar-refractivity contribution in [3.05, 3.63) is 34.9 Å². The number of nitrogens with zero attached hydrogens (tertiary/aromatic N) is 4. The average molecular weight is 270 g/mol. The molecule has 5 nitrogen and oxygen atoms in total. The van der Waals surface area contributed by atoms with E-state index in [1.165, 1.54) is 0 Å². The van der Waals surface area contributed by atoms with Gasteiger partial charge in [0.05, 0.1) is 11.6 Å². The molecule has 0 saturated heterocycles. The van der Waals surface area contributed by atoms with E-state index in [-0.39, 0.29) is 0 Å². The summed E-state index contributed by atoms with van der Waals surface area (Å²) in [5.41, 5.74) is 6.56. The van der Waals surface area contributed by atoms with Crippen molar-refractivity contribution in [2.45, 2.75) is 17.5 Å². The minimum Gasteiger partial charge on any atom is -0.324 e. The van der Waals surface area contributed by atoms with Crippen LogP contribution >= 0.6 is 23.4 Å². The molecule has 0 atom stereocenters. The predicted octanol–water partition coefficient (Wildman–Crippen LogP) is 1.61. The molecule has 2 N–H and O–H groups in total. The van der Waals surface area contributed by atoms with Crippen LogP contribution in [0.25, 0.3) is 0 Å². The minimum atomic E-state index is 0.389. The van der Waals surface area contributed by atoms with Gasteiger partial charge >= 0.3 is 0 Å². The number of hydrogen-bond donors (Lipinski definition) is 1. The third kappa shape index (κ3) is 2.77. The number of nitrogens with two attached hydrogens (primary N) is 1. The molecule has 0 aromatic carbocycles. The molecule has 90 valence electrons. The number of rotatable bonds is 4. The Hall–Kier alpha value is -1.11. The second-order valence-electron chi connectivity index (χ2n) is 3.42. The normalized spacial score (nSPS) is 10.8. The number of pyridine rings is 1. The van der Waals surface area contributed by atoms with Crippen molar-refractivity contribution in [2.75, 3.05) is 0 Å². The van der Waals surface area contributed by atoms with Gasteiger partial charge in [-0.25, -0.2) is 0 Å². The SMILES string of the molecule is Cn1c(CN)nnc1SCc1ccncc1Cl. The molecular weight excluding hydrogens is 258 g/mol. The molecular formula is C10H12ClN5S. The van der Waals surface area contributed by atoms with E-state index in [9.17, 15) is 0 Å². The predicted molar refractivity (Wildman–Crippen MR) is 67.7 cm³/mol. The second-order valence-corrected chi connectivity index (χ2v) is 4.77. The van der Waals surface area contributed by atoms with Crippen LogP contribution in [0.1, 0.15) is 11.4 Å². The van der Waals surface area contributed by atoms with Gasteiger partial charge < -0.3 is 10.3 Å². The van der Waals surface area contributed by atoms with Crippen LogP contribution < -0.4 is 5.73 Å². The van der Waals surface area contributed by atoms with Crippen LogP contribution in [0.2, 0.25) is 5.02 Å². The van der Waals surface area contributed by atoms with E-state index in [4.69, 9.17) is 17.3 Å². The first kappa shape index (κ1) is 12.3. The van der Waals surface area contributed by atoms with Crippen LogP contribution in [0.4, 0.5) is 0 Å². The lowest BCUT2D eigenvalue weighted by Gasteiger charge is -2.03. The highest BCUT2D eigenvalue weighted by Gasteiger charge is 2.08. The van der Waals surface area contributed by atoms with Gasteiger partial charge in [-0.1, -0.05) is 23.4 Å². The Morgan fingerprint density at radius 3 is 2.94 bits per heavy atom. The number of thioether (sulfide) groups is 1. The summed E-state index contributed by atoms with van der Waals surface area (Å²) in [7, 11) is 1.90. The molecule has 2 aromatic rings. The second kappa shape index (κ2) is 5.48. The maximum Gasteiger partial charge on any atom is 0.191 e.